The van der Waals surface area contributed by atoms with Crippen LogP contribution in [0.5, 0.6) is 0 Å². The van der Waals surface area contributed by atoms with Crippen molar-refractivity contribution in [1.82, 2.24) is 0 Å². The first-order valence-corrected chi connectivity index (χ1v) is 3.73. The molecule has 0 saturated heterocycles. The van der Waals surface area contributed by atoms with Gasteiger partial charge in [-0.15, -0.1) is 0 Å². The van der Waals surface area contributed by atoms with Crippen LogP contribution in [0.25, 0.3) is 0 Å². The van der Waals surface area contributed by atoms with Gasteiger partial charge in [-0.1, -0.05) is 18.2 Å². The lowest BCUT2D eigenvalue weighted by Gasteiger charge is -2.04. The molecule has 3 nitrogen and oxygen atoms in total. The fourth-order valence-electron chi connectivity index (χ4n) is 0.999. The number of carbonyl (C=O) groups is 1. The van der Waals surface area contributed by atoms with Crippen LogP contribution >= 0.6 is 0 Å². The number of hydrogen-bond acceptors (Lipinski definition) is 3. The first kappa shape index (κ1) is 8.59. The molecule has 0 aliphatic carbocycles. The zero-order valence-electron chi connectivity index (χ0n) is 6.62. The molecule has 1 aromatic carbocycles. The maximum atomic E-state index is 10.1. The predicted molar refractivity (Wildman–Crippen MR) is 44.2 cm³/mol. The van der Waals surface area contributed by atoms with Crippen LogP contribution in [0.15, 0.2) is 24.3 Å². The number of rotatable bonds is 3. The number of carboxylic acid groups (broad SMARTS) is 1. The van der Waals surface area contributed by atoms with Crippen molar-refractivity contribution >= 4 is 11.7 Å². The molecule has 0 spiro atoms. The highest BCUT2D eigenvalue weighted by atomic mass is 16.4. The van der Waals surface area contributed by atoms with E-state index in [9.17, 15) is 9.90 Å². The van der Waals surface area contributed by atoms with Gasteiger partial charge in [0, 0.05) is 11.7 Å². The minimum Gasteiger partial charge on any atom is -0.550 e. The van der Waals surface area contributed by atoms with Crippen molar-refractivity contribution in [1.29, 1.82) is 0 Å². The van der Waals surface area contributed by atoms with Crippen molar-refractivity contribution in [3.8, 4) is 0 Å². The molecule has 0 fully saturated rings. The summed E-state index contributed by atoms with van der Waals surface area (Å²) in [7, 11) is 0. The van der Waals surface area contributed by atoms with Crippen LogP contribution in [0.4, 0.5) is 5.69 Å². The van der Waals surface area contributed by atoms with E-state index in [0.29, 0.717) is 12.1 Å². The van der Waals surface area contributed by atoms with Crippen LogP contribution in [0, 0.1) is 0 Å². The van der Waals surface area contributed by atoms with Crippen LogP contribution < -0.4 is 10.8 Å². The number of para-hydroxylation sites is 1. The average Bonchev–Trinajstić information content (AvgIpc) is 2.03. The Morgan fingerprint density at radius 1 is 1.42 bits per heavy atom. The highest BCUT2D eigenvalue weighted by molar-refractivity contribution is 5.65. The predicted octanol–water partition coefficient (Wildman–Crippen LogP) is -0.0487. The van der Waals surface area contributed by atoms with Crippen LogP contribution in [-0.4, -0.2) is 5.97 Å². The molecule has 0 atom stereocenters. The van der Waals surface area contributed by atoms with Crippen molar-refractivity contribution in [2.45, 2.75) is 12.8 Å². The number of carboxylic acids is 1. The largest absolute Gasteiger partial charge is 0.550 e. The van der Waals surface area contributed by atoms with Crippen LogP contribution in [-0.2, 0) is 11.2 Å². The van der Waals surface area contributed by atoms with Crippen LogP contribution in [0.3, 0.4) is 0 Å². The number of nitrogen functional groups attached to an aromatic ring is 1. The number of hydrogen-bond donors (Lipinski definition) is 1. The lowest BCUT2D eigenvalue weighted by molar-refractivity contribution is -0.305. The molecule has 0 radical (unpaired) electrons. The quantitative estimate of drug-likeness (QED) is 0.637. The van der Waals surface area contributed by atoms with Gasteiger partial charge in [0.2, 0.25) is 0 Å². The van der Waals surface area contributed by atoms with Crippen LogP contribution in [0.2, 0.25) is 0 Å². The first-order chi connectivity index (χ1) is 5.70. The zero-order valence-corrected chi connectivity index (χ0v) is 6.62. The smallest absolute Gasteiger partial charge is 0.0417 e. The van der Waals surface area contributed by atoms with E-state index in [1.807, 2.05) is 18.2 Å². The topological polar surface area (TPSA) is 66.2 Å². The summed E-state index contributed by atoms with van der Waals surface area (Å²) in [4.78, 5) is 10.1. The molecule has 64 valence electrons. The van der Waals surface area contributed by atoms with E-state index in [1.165, 1.54) is 0 Å². The van der Waals surface area contributed by atoms with E-state index in [0.717, 1.165) is 5.56 Å². The molecule has 1 aromatic rings. The van der Waals surface area contributed by atoms with Crippen molar-refractivity contribution in [2.24, 2.45) is 0 Å². The Balaban J connectivity index is 2.63. The van der Waals surface area contributed by atoms with E-state index in [4.69, 9.17) is 5.73 Å². The fraction of sp³-hybridized carbons (Fsp3) is 0.222. The lowest BCUT2D eigenvalue weighted by Crippen LogP contribution is -2.22. The third-order valence-electron chi connectivity index (χ3n) is 1.65. The molecule has 12 heavy (non-hydrogen) atoms. The molecular weight excluding hydrogens is 154 g/mol. The van der Waals surface area contributed by atoms with Crippen molar-refractivity contribution in [3.63, 3.8) is 0 Å². The number of aryl methyl sites for hydroxylation is 1. The number of anilines is 1. The standard InChI is InChI=1S/C9H11NO2/c10-8-4-2-1-3-7(8)5-6-9(11)12/h1-4H,5-6,10H2,(H,11,12)/p-1. The summed E-state index contributed by atoms with van der Waals surface area (Å²) in [5.74, 6) is -1.04. The van der Waals surface area contributed by atoms with Gasteiger partial charge in [-0.3, -0.25) is 0 Å². The summed E-state index contributed by atoms with van der Waals surface area (Å²) < 4.78 is 0. The molecule has 0 saturated carbocycles. The average molecular weight is 164 g/mol. The van der Waals surface area contributed by atoms with Gasteiger partial charge < -0.3 is 15.6 Å². The second kappa shape index (κ2) is 3.76. The molecule has 1 rings (SSSR count). The number of carbonyl (C=O) groups excluding carboxylic acids is 1. The number of nitrogens with two attached hydrogens (primary N) is 1. The molecule has 0 aromatic heterocycles. The van der Waals surface area contributed by atoms with E-state index in [2.05, 4.69) is 0 Å². The Hall–Kier alpha value is -1.51. The molecule has 0 bridgehead atoms. The Bertz CT molecular complexity index is 284. The number of benzene rings is 1. The lowest BCUT2D eigenvalue weighted by atomic mass is 10.1. The number of aliphatic carboxylic acids is 1. The summed E-state index contributed by atoms with van der Waals surface area (Å²) in [6, 6.07) is 7.22. The minimum absolute atomic E-state index is 0.0220. The molecule has 0 unspecified atom stereocenters. The summed E-state index contributed by atoms with van der Waals surface area (Å²) in [6.07, 6.45) is 0.462. The van der Waals surface area contributed by atoms with Gasteiger partial charge >= 0.3 is 0 Å². The first-order valence-electron chi connectivity index (χ1n) is 3.73. The maximum absolute atomic E-state index is 10.1. The molecule has 0 aliphatic heterocycles. The molecule has 3 heteroatoms. The SMILES string of the molecule is Nc1ccccc1CCC(=O)[O-]. The zero-order chi connectivity index (χ0) is 8.97. The summed E-state index contributed by atoms with van der Waals surface area (Å²) in [6.45, 7) is 0. The molecule has 0 aliphatic rings. The van der Waals surface area contributed by atoms with E-state index in [-0.39, 0.29) is 6.42 Å². The van der Waals surface area contributed by atoms with Gasteiger partial charge in [-0.2, -0.15) is 0 Å². The Labute approximate surface area is 70.8 Å². The van der Waals surface area contributed by atoms with Gasteiger partial charge in [-0.05, 0) is 24.5 Å². The normalized spacial score (nSPS) is 9.67. The summed E-state index contributed by atoms with van der Waals surface area (Å²) >= 11 is 0. The third kappa shape index (κ3) is 2.27. The molecule has 2 N–H and O–H groups in total. The second-order valence-electron chi connectivity index (χ2n) is 2.57. The Morgan fingerprint density at radius 2 is 2.08 bits per heavy atom. The van der Waals surface area contributed by atoms with Crippen molar-refractivity contribution in [2.75, 3.05) is 5.73 Å². The Morgan fingerprint density at radius 3 is 2.67 bits per heavy atom. The second-order valence-corrected chi connectivity index (χ2v) is 2.57. The van der Waals surface area contributed by atoms with E-state index in [1.54, 1.807) is 6.07 Å². The van der Waals surface area contributed by atoms with E-state index < -0.39 is 5.97 Å². The minimum atomic E-state index is -1.04. The highest BCUT2D eigenvalue weighted by Crippen LogP contribution is 2.11. The molecule has 0 heterocycles. The van der Waals surface area contributed by atoms with Crippen LogP contribution in [0.1, 0.15) is 12.0 Å². The maximum Gasteiger partial charge on any atom is 0.0417 e. The van der Waals surface area contributed by atoms with Crippen molar-refractivity contribution in [3.05, 3.63) is 29.8 Å². The molecule has 0 amide bonds. The molecular formula is C9H10NO2-. The summed E-state index contributed by atoms with van der Waals surface area (Å²) in [5.41, 5.74) is 7.09. The van der Waals surface area contributed by atoms with Gasteiger partial charge in [-0.25, -0.2) is 0 Å². The fourth-order valence-corrected chi connectivity index (χ4v) is 0.999. The van der Waals surface area contributed by atoms with Gasteiger partial charge in [0.25, 0.3) is 0 Å². The highest BCUT2D eigenvalue weighted by Gasteiger charge is 1.96. The van der Waals surface area contributed by atoms with E-state index >= 15 is 0 Å². The monoisotopic (exact) mass is 164 g/mol. The third-order valence-corrected chi connectivity index (χ3v) is 1.65. The summed E-state index contributed by atoms with van der Waals surface area (Å²) in [5, 5.41) is 10.1. The van der Waals surface area contributed by atoms with Crippen molar-refractivity contribution < 1.29 is 9.90 Å². The van der Waals surface area contributed by atoms with Gasteiger partial charge in [0.15, 0.2) is 0 Å². The van der Waals surface area contributed by atoms with Gasteiger partial charge in [0.05, 0.1) is 0 Å². The van der Waals surface area contributed by atoms with Gasteiger partial charge in [0.1, 0.15) is 0 Å². The Kier molecular flexibility index (Phi) is 2.69.